The van der Waals surface area contributed by atoms with Gasteiger partial charge in [-0.25, -0.2) is 4.98 Å². The van der Waals surface area contributed by atoms with Gasteiger partial charge in [0.05, 0.1) is 16.4 Å². The smallest absolute Gasteiger partial charge is 0.268 e. The molecule has 2 aromatic carbocycles. The van der Waals surface area contributed by atoms with Gasteiger partial charge in [0, 0.05) is 17.0 Å². The Morgan fingerprint density at radius 1 is 1.14 bits per heavy atom. The zero-order valence-corrected chi connectivity index (χ0v) is 18.0. The number of hydrogen-bond donors (Lipinski definition) is 0. The first-order valence-corrected chi connectivity index (χ1v) is 11.0. The van der Waals surface area contributed by atoms with Crippen molar-refractivity contribution in [3.8, 4) is 17.0 Å². The van der Waals surface area contributed by atoms with Crippen LogP contribution < -0.4 is 9.64 Å². The number of thiazole rings is 1. The van der Waals surface area contributed by atoms with Gasteiger partial charge in [-0.15, -0.1) is 11.3 Å². The lowest BCUT2D eigenvalue weighted by molar-refractivity contribution is -0.126. The zero-order chi connectivity index (χ0) is 20.4. The second-order valence-electron chi connectivity index (χ2n) is 7.41. The van der Waals surface area contributed by atoms with Crippen molar-refractivity contribution in [2.45, 2.75) is 46.1 Å². The van der Waals surface area contributed by atoms with E-state index < -0.39 is 6.10 Å². The monoisotopic (exact) mass is 406 g/mol. The lowest BCUT2D eigenvalue weighted by Gasteiger charge is -2.34. The summed E-state index contributed by atoms with van der Waals surface area (Å²) < 4.78 is 6.01. The Morgan fingerprint density at radius 3 is 2.62 bits per heavy atom. The molecule has 0 saturated heterocycles. The molecule has 5 heteroatoms. The topological polar surface area (TPSA) is 42.4 Å². The average Bonchev–Trinajstić information content (AvgIpc) is 3.07. The first kappa shape index (κ1) is 19.6. The summed E-state index contributed by atoms with van der Waals surface area (Å²) in [6.07, 6.45) is 2.11. The number of amides is 1. The van der Waals surface area contributed by atoms with Gasteiger partial charge >= 0.3 is 0 Å². The molecule has 150 valence electrons. The molecule has 4 nitrogen and oxygen atoms in total. The van der Waals surface area contributed by atoms with E-state index in [1.807, 2.05) is 36.9 Å². The molecule has 0 aliphatic carbocycles. The number of fused-ring (bicyclic) bond motifs is 1. The number of carbonyl (C=O) groups excluding carboxylic acids is 1. The van der Waals surface area contributed by atoms with Crippen LogP contribution in [0.1, 0.15) is 35.2 Å². The maximum Gasteiger partial charge on any atom is 0.268 e. The zero-order valence-electron chi connectivity index (χ0n) is 17.1. The molecular weight excluding hydrogens is 380 g/mol. The van der Waals surface area contributed by atoms with Crippen LogP contribution in [0.4, 0.5) is 5.69 Å². The van der Waals surface area contributed by atoms with E-state index in [9.17, 15) is 4.79 Å². The Kier molecular flexibility index (Phi) is 5.67. The van der Waals surface area contributed by atoms with Crippen molar-refractivity contribution in [3.05, 3.63) is 64.0 Å². The number of nitrogens with zero attached hydrogens (tertiary/aromatic N) is 2. The van der Waals surface area contributed by atoms with E-state index in [0.29, 0.717) is 13.0 Å². The highest BCUT2D eigenvalue weighted by Crippen LogP contribution is 2.39. The molecule has 0 bridgehead atoms. The maximum absolute atomic E-state index is 13.1. The lowest BCUT2D eigenvalue weighted by atomic mass is 10.0. The van der Waals surface area contributed by atoms with E-state index in [4.69, 9.17) is 4.74 Å². The fraction of sp³-hybridized carbons (Fsp3) is 0.333. The Labute approximate surface area is 176 Å². The molecule has 0 spiro atoms. The minimum absolute atomic E-state index is 0.0522. The molecule has 0 fully saturated rings. The van der Waals surface area contributed by atoms with Crippen LogP contribution in [0.5, 0.6) is 5.75 Å². The highest BCUT2D eigenvalue weighted by atomic mass is 32.1. The highest BCUT2D eigenvalue weighted by molar-refractivity contribution is 7.11. The van der Waals surface area contributed by atoms with Gasteiger partial charge in [0.2, 0.25) is 0 Å². The number of aromatic nitrogens is 1. The minimum Gasteiger partial charge on any atom is -0.478 e. The molecule has 1 amide bonds. The Balaban J connectivity index is 1.62. The fourth-order valence-electron chi connectivity index (χ4n) is 3.84. The van der Waals surface area contributed by atoms with Crippen LogP contribution in [-0.2, 0) is 11.2 Å². The molecule has 1 aliphatic rings. The van der Waals surface area contributed by atoms with Crippen LogP contribution in [0.2, 0.25) is 0 Å². The number of benzene rings is 2. The Bertz CT molecular complexity index is 1010. The number of hydrogen-bond acceptors (Lipinski definition) is 4. The third-order valence-electron chi connectivity index (χ3n) is 5.30. The van der Waals surface area contributed by atoms with Gasteiger partial charge in [0.15, 0.2) is 6.10 Å². The Hall–Kier alpha value is -2.66. The van der Waals surface area contributed by atoms with E-state index >= 15 is 0 Å². The van der Waals surface area contributed by atoms with Crippen molar-refractivity contribution in [1.29, 1.82) is 0 Å². The van der Waals surface area contributed by atoms with Crippen molar-refractivity contribution < 1.29 is 9.53 Å². The molecule has 0 N–H and O–H groups in total. The quantitative estimate of drug-likeness (QED) is 0.538. The molecule has 1 atom stereocenters. The van der Waals surface area contributed by atoms with Crippen molar-refractivity contribution in [3.63, 3.8) is 0 Å². The van der Waals surface area contributed by atoms with Crippen LogP contribution in [0.25, 0.3) is 11.3 Å². The van der Waals surface area contributed by atoms with E-state index in [-0.39, 0.29) is 5.91 Å². The first-order chi connectivity index (χ1) is 14.1. The van der Waals surface area contributed by atoms with Crippen molar-refractivity contribution in [2.24, 2.45) is 0 Å². The third-order valence-corrected chi connectivity index (χ3v) is 6.18. The van der Waals surface area contributed by atoms with Crippen molar-refractivity contribution in [1.82, 2.24) is 4.98 Å². The van der Waals surface area contributed by atoms with Gasteiger partial charge in [-0.3, -0.25) is 4.79 Å². The van der Waals surface area contributed by atoms with Gasteiger partial charge in [-0.2, -0.15) is 0 Å². The largest absolute Gasteiger partial charge is 0.478 e. The highest BCUT2D eigenvalue weighted by Gasteiger charge is 2.33. The summed E-state index contributed by atoms with van der Waals surface area (Å²) in [5, 5.41) is 1.05. The molecule has 29 heavy (non-hydrogen) atoms. The van der Waals surface area contributed by atoms with Crippen molar-refractivity contribution in [2.75, 3.05) is 11.4 Å². The summed E-state index contributed by atoms with van der Waals surface area (Å²) in [5.41, 5.74) is 4.17. The van der Waals surface area contributed by atoms with Gasteiger partial charge < -0.3 is 9.64 Å². The SMILES string of the molecule is CCC1Oc2ccc(-c3nc(C)sc3C)cc2N(CCCc2ccccc2)C1=O. The molecule has 1 unspecified atom stereocenters. The van der Waals surface area contributed by atoms with E-state index in [2.05, 4.69) is 42.2 Å². The molecule has 0 saturated carbocycles. The van der Waals surface area contributed by atoms with E-state index in [0.717, 1.165) is 40.5 Å². The summed E-state index contributed by atoms with van der Waals surface area (Å²) in [5.74, 6) is 0.834. The van der Waals surface area contributed by atoms with Crippen molar-refractivity contribution >= 4 is 22.9 Å². The van der Waals surface area contributed by atoms with E-state index in [1.165, 1.54) is 10.4 Å². The second kappa shape index (κ2) is 8.37. The van der Waals surface area contributed by atoms with Crippen LogP contribution in [0, 0.1) is 13.8 Å². The van der Waals surface area contributed by atoms with E-state index in [1.54, 1.807) is 11.3 Å². The average molecular weight is 407 g/mol. The number of rotatable bonds is 6. The lowest BCUT2D eigenvalue weighted by Crippen LogP contribution is -2.46. The number of aryl methyl sites for hydroxylation is 3. The third kappa shape index (κ3) is 4.06. The standard InChI is InChI=1S/C24H26N2O2S/c1-4-21-24(27)26(14-8-11-18-9-6-5-7-10-18)20-15-19(12-13-22(20)28-21)23-16(2)29-17(3)25-23/h5-7,9-10,12-13,15,21H,4,8,11,14H2,1-3H3. The number of carbonyl (C=O) groups is 1. The summed E-state index contributed by atoms with van der Waals surface area (Å²) in [4.78, 5) is 20.8. The van der Waals surface area contributed by atoms with Gasteiger partial charge in [0.1, 0.15) is 5.75 Å². The molecule has 2 heterocycles. The molecule has 4 rings (SSSR count). The molecule has 0 radical (unpaired) electrons. The minimum atomic E-state index is -0.409. The van der Waals surface area contributed by atoms with Gasteiger partial charge in [-0.05, 0) is 56.9 Å². The molecule has 1 aliphatic heterocycles. The maximum atomic E-state index is 13.1. The van der Waals surface area contributed by atoms with Gasteiger partial charge in [-0.1, -0.05) is 37.3 Å². The predicted octanol–water partition coefficient (Wildman–Crippen LogP) is 5.56. The molecular formula is C24H26N2O2S. The van der Waals surface area contributed by atoms with Crippen LogP contribution in [0.3, 0.4) is 0 Å². The van der Waals surface area contributed by atoms with Crippen LogP contribution >= 0.6 is 11.3 Å². The van der Waals surface area contributed by atoms with Gasteiger partial charge in [0.25, 0.3) is 5.91 Å². The van der Waals surface area contributed by atoms with Crippen LogP contribution in [-0.4, -0.2) is 23.5 Å². The fourth-order valence-corrected chi connectivity index (χ4v) is 4.68. The summed E-state index contributed by atoms with van der Waals surface area (Å²) in [6.45, 7) is 6.78. The molecule has 3 aromatic rings. The first-order valence-electron chi connectivity index (χ1n) is 10.2. The number of ether oxygens (including phenoxy) is 1. The van der Waals surface area contributed by atoms with Crippen LogP contribution in [0.15, 0.2) is 48.5 Å². The Morgan fingerprint density at radius 2 is 1.93 bits per heavy atom. The predicted molar refractivity (Wildman–Crippen MR) is 119 cm³/mol. The summed E-state index contributed by atoms with van der Waals surface area (Å²) in [7, 11) is 0. The molecule has 1 aromatic heterocycles. The number of anilines is 1. The summed E-state index contributed by atoms with van der Waals surface area (Å²) >= 11 is 1.70. The summed E-state index contributed by atoms with van der Waals surface area (Å²) in [6, 6.07) is 16.5. The second-order valence-corrected chi connectivity index (χ2v) is 8.82. The normalized spacial score (nSPS) is 15.9.